The number of hydrogen-bond acceptors (Lipinski definition) is 2. The Bertz CT molecular complexity index is 893. The zero-order chi connectivity index (χ0) is 19.4. The summed E-state index contributed by atoms with van der Waals surface area (Å²) in [5, 5.41) is 9.76. The highest BCUT2D eigenvalue weighted by molar-refractivity contribution is 6.31. The van der Waals surface area contributed by atoms with Crippen molar-refractivity contribution in [3.63, 3.8) is 0 Å². The molecule has 27 heavy (non-hydrogen) atoms. The van der Waals surface area contributed by atoms with Gasteiger partial charge in [-0.15, -0.1) is 0 Å². The number of carbonyl (C=O) groups is 1. The number of carboxylic acid groups (broad SMARTS) is 1. The number of carboxylic acids is 1. The molecule has 0 saturated carbocycles. The molecule has 0 aromatic heterocycles. The maximum absolute atomic E-state index is 14.2. The van der Waals surface area contributed by atoms with Gasteiger partial charge in [0.2, 0.25) is 0 Å². The molecule has 0 radical (unpaired) electrons. The molecule has 0 bridgehead atoms. The van der Waals surface area contributed by atoms with Crippen LogP contribution in [0.25, 0.3) is 5.57 Å². The molecule has 142 valence electrons. The zero-order valence-corrected chi connectivity index (χ0v) is 16.1. The Kier molecular flexibility index (Phi) is 6.40. The normalized spacial score (nSPS) is 13.9. The van der Waals surface area contributed by atoms with Crippen LogP contribution in [-0.2, 0) is 11.2 Å². The Balaban J connectivity index is 1.72. The van der Waals surface area contributed by atoms with Crippen molar-refractivity contribution < 1.29 is 19.0 Å². The third-order valence-corrected chi connectivity index (χ3v) is 5.22. The second kappa shape index (κ2) is 8.77. The summed E-state index contributed by atoms with van der Waals surface area (Å²) in [4.78, 5) is 10.7. The number of halogens is 3. The van der Waals surface area contributed by atoms with Gasteiger partial charge in [0.05, 0.1) is 0 Å². The van der Waals surface area contributed by atoms with Crippen LogP contribution in [0.1, 0.15) is 36.8 Å². The first-order chi connectivity index (χ1) is 12.9. The summed E-state index contributed by atoms with van der Waals surface area (Å²) >= 11 is 12.2. The van der Waals surface area contributed by atoms with E-state index in [2.05, 4.69) is 0 Å². The van der Waals surface area contributed by atoms with E-state index >= 15 is 0 Å². The molecule has 3 nitrogen and oxygen atoms in total. The Morgan fingerprint density at radius 1 is 1.15 bits per heavy atom. The van der Waals surface area contributed by atoms with Crippen LogP contribution >= 0.6 is 23.2 Å². The molecule has 0 amide bonds. The predicted molar refractivity (Wildman–Crippen MR) is 105 cm³/mol. The van der Waals surface area contributed by atoms with Crippen LogP contribution in [0, 0.1) is 5.82 Å². The molecule has 0 saturated heterocycles. The number of rotatable bonds is 7. The monoisotopic (exact) mass is 408 g/mol. The Morgan fingerprint density at radius 3 is 2.70 bits per heavy atom. The molecule has 1 N–H and O–H groups in total. The van der Waals surface area contributed by atoms with Crippen LogP contribution in [0.15, 0.2) is 42.0 Å². The van der Waals surface area contributed by atoms with Crippen molar-refractivity contribution in [2.75, 3.05) is 6.61 Å². The maximum Gasteiger partial charge on any atom is 0.303 e. The summed E-state index contributed by atoms with van der Waals surface area (Å²) in [5.41, 5.74) is 3.33. The number of aryl methyl sites for hydroxylation is 1. The summed E-state index contributed by atoms with van der Waals surface area (Å²) < 4.78 is 20.1. The Hall–Kier alpha value is -2.04. The quantitative estimate of drug-likeness (QED) is 0.595. The average molecular weight is 409 g/mol. The van der Waals surface area contributed by atoms with Crippen molar-refractivity contribution in [1.82, 2.24) is 0 Å². The minimum atomic E-state index is -0.861. The molecule has 0 atom stereocenters. The van der Waals surface area contributed by atoms with Gasteiger partial charge in [-0.3, -0.25) is 4.79 Å². The van der Waals surface area contributed by atoms with E-state index in [1.165, 1.54) is 6.07 Å². The fraction of sp³-hybridized carbons (Fsp3) is 0.286. The average Bonchev–Trinajstić information content (AvgIpc) is 3.09. The first-order valence-electron chi connectivity index (χ1n) is 8.73. The number of aliphatic carboxylic acids is 1. The lowest BCUT2D eigenvalue weighted by Gasteiger charge is -2.12. The summed E-state index contributed by atoms with van der Waals surface area (Å²) in [6.07, 6.45) is 3.00. The van der Waals surface area contributed by atoms with Gasteiger partial charge in [-0.25, -0.2) is 4.39 Å². The first kappa shape index (κ1) is 19.7. The fourth-order valence-electron chi connectivity index (χ4n) is 3.25. The maximum atomic E-state index is 14.2. The van der Waals surface area contributed by atoms with Gasteiger partial charge in [0, 0.05) is 22.0 Å². The van der Waals surface area contributed by atoms with Crippen molar-refractivity contribution >= 4 is 34.7 Å². The third-order valence-electron chi connectivity index (χ3n) is 4.63. The number of benzene rings is 2. The van der Waals surface area contributed by atoms with Gasteiger partial charge in [-0.1, -0.05) is 29.3 Å². The topological polar surface area (TPSA) is 46.5 Å². The van der Waals surface area contributed by atoms with E-state index in [1.54, 1.807) is 30.3 Å². The standard InChI is InChI=1S/C21H19Cl2FO3/c22-15-6-8-20(24)18(10-15)17-3-1-2-14(17)12-27-16-7-4-13(19(23)11-16)5-9-21(25)26/h4,6-8,10-11H,1-3,5,9,12H2,(H,25,26). The van der Waals surface area contributed by atoms with Gasteiger partial charge < -0.3 is 9.84 Å². The third kappa shape index (κ3) is 5.02. The smallest absolute Gasteiger partial charge is 0.303 e. The highest BCUT2D eigenvalue weighted by atomic mass is 35.5. The van der Waals surface area contributed by atoms with Crippen LogP contribution in [0.5, 0.6) is 5.75 Å². The predicted octanol–water partition coefficient (Wildman–Crippen LogP) is 6.17. The molecule has 0 spiro atoms. The second-order valence-electron chi connectivity index (χ2n) is 6.50. The van der Waals surface area contributed by atoms with E-state index in [4.69, 9.17) is 33.0 Å². The van der Waals surface area contributed by atoms with E-state index in [9.17, 15) is 9.18 Å². The lowest BCUT2D eigenvalue weighted by Crippen LogP contribution is -2.03. The van der Waals surface area contributed by atoms with Crippen molar-refractivity contribution in [2.45, 2.75) is 32.1 Å². The van der Waals surface area contributed by atoms with Crippen LogP contribution in [0.4, 0.5) is 4.39 Å². The summed E-state index contributed by atoms with van der Waals surface area (Å²) in [5.74, 6) is -0.538. The molecular weight excluding hydrogens is 390 g/mol. The van der Waals surface area contributed by atoms with E-state index in [1.807, 2.05) is 0 Å². The molecule has 0 unspecified atom stereocenters. The van der Waals surface area contributed by atoms with Gasteiger partial charge in [-0.2, -0.15) is 0 Å². The Labute approximate surface area is 167 Å². The minimum absolute atomic E-state index is 0.0291. The largest absolute Gasteiger partial charge is 0.489 e. The van der Waals surface area contributed by atoms with E-state index in [0.29, 0.717) is 34.4 Å². The molecule has 1 aliphatic rings. The van der Waals surface area contributed by atoms with Crippen molar-refractivity contribution in [2.24, 2.45) is 0 Å². The van der Waals surface area contributed by atoms with Gasteiger partial charge in [0.25, 0.3) is 0 Å². The molecule has 0 aliphatic heterocycles. The van der Waals surface area contributed by atoms with Gasteiger partial charge >= 0.3 is 5.97 Å². The molecular formula is C21H19Cl2FO3. The summed E-state index contributed by atoms with van der Waals surface area (Å²) in [6, 6.07) is 9.83. The van der Waals surface area contributed by atoms with Gasteiger partial charge in [-0.05, 0) is 72.7 Å². The zero-order valence-electron chi connectivity index (χ0n) is 14.6. The SMILES string of the molecule is O=C(O)CCc1ccc(OCC2=C(c3cc(Cl)ccc3F)CCC2)cc1Cl. The highest BCUT2D eigenvalue weighted by Crippen LogP contribution is 2.36. The highest BCUT2D eigenvalue weighted by Gasteiger charge is 2.20. The van der Waals surface area contributed by atoms with Crippen molar-refractivity contribution in [3.05, 3.63) is 69.0 Å². The lowest BCUT2D eigenvalue weighted by molar-refractivity contribution is -0.136. The van der Waals surface area contributed by atoms with Gasteiger partial charge in [0.1, 0.15) is 18.2 Å². The van der Waals surface area contributed by atoms with Crippen LogP contribution < -0.4 is 4.74 Å². The molecule has 6 heteroatoms. The molecule has 1 aliphatic carbocycles. The minimum Gasteiger partial charge on any atom is -0.489 e. The van der Waals surface area contributed by atoms with Crippen LogP contribution in [-0.4, -0.2) is 17.7 Å². The lowest BCUT2D eigenvalue weighted by atomic mass is 10.0. The number of allylic oxidation sites excluding steroid dienone is 1. The number of ether oxygens (including phenoxy) is 1. The first-order valence-corrected chi connectivity index (χ1v) is 9.49. The van der Waals surface area contributed by atoms with Crippen molar-refractivity contribution in [3.8, 4) is 5.75 Å². The van der Waals surface area contributed by atoms with Crippen molar-refractivity contribution in [1.29, 1.82) is 0 Å². The van der Waals surface area contributed by atoms with Crippen LogP contribution in [0.3, 0.4) is 0 Å². The molecule has 2 aromatic rings. The molecule has 0 heterocycles. The fourth-order valence-corrected chi connectivity index (χ4v) is 3.69. The van der Waals surface area contributed by atoms with Crippen LogP contribution in [0.2, 0.25) is 10.0 Å². The second-order valence-corrected chi connectivity index (χ2v) is 7.34. The summed E-state index contributed by atoms with van der Waals surface area (Å²) in [6.45, 7) is 0.353. The molecule has 2 aromatic carbocycles. The van der Waals surface area contributed by atoms with E-state index in [-0.39, 0.29) is 12.2 Å². The summed E-state index contributed by atoms with van der Waals surface area (Å²) in [7, 11) is 0. The Morgan fingerprint density at radius 2 is 1.96 bits per heavy atom. The van der Waals surface area contributed by atoms with E-state index in [0.717, 1.165) is 36.0 Å². The van der Waals surface area contributed by atoms with Gasteiger partial charge in [0.15, 0.2) is 0 Å². The molecule has 0 fully saturated rings. The molecule has 3 rings (SSSR count). The van der Waals surface area contributed by atoms with E-state index < -0.39 is 5.97 Å². The number of hydrogen-bond donors (Lipinski definition) is 1.